The van der Waals surface area contributed by atoms with Crippen LogP contribution in [0.1, 0.15) is 24.6 Å². The molecule has 8 nitrogen and oxygen atoms in total. The van der Waals surface area contributed by atoms with Crippen LogP contribution in [0, 0.1) is 0 Å². The van der Waals surface area contributed by atoms with Crippen molar-refractivity contribution in [2.45, 2.75) is 24.8 Å². The first-order valence-electron chi connectivity index (χ1n) is 9.46. The molecule has 1 unspecified atom stereocenters. The summed E-state index contributed by atoms with van der Waals surface area (Å²) in [6.45, 7) is 3.14. The number of aromatic nitrogens is 3. The Balaban J connectivity index is 0.00000150. The Hall–Kier alpha value is -1.87. The molecule has 1 aromatic heterocycles. The van der Waals surface area contributed by atoms with Crippen molar-refractivity contribution in [1.29, 1.82) is 0 Å². The summed E-state index contributed by atoms with van der Waals surface area (Å²) in [7, 11) is 1.68. The number of aryl methyl sites for hydroxylation is 1. The predicted octanol–water partition coefficient (Wildman–Crippen LogP) is 1.11. The monoisotopic (exact) mass is 443 g/mol. The Morgan fingerprint density at radius 2 is 1.86 bits per heavy atom. The zero-order valence-electron chi connectivity index (χ0n) is 16.3. The number of hydrogen-bond donors (Lipinski definition) is 1. The zero-order chi connectivity index (χ0) is 18.8. The van der Waals surface area contributed by atoms with Gasteiger partial charge in [0.2, 0.25) is 5.91 Å². The lowest BCUT2D eigenvalue weighted by atomic mass is 9.95. The van der Waals surface area contributed by atoms with Crippen LogP contribution in [0.2, 0.25) is 0 Å². The van der Waals surface area contributed by atoms with Gasteiger partial charge in [0.1, 0.15) is 11.9 Å². The number of nitrogens with one attached hydrogen (secondary N) is 1. The summed E-state index contributed by atoms with van der Waals surface area (Å²) in [5.41, 5.74) is 0.686. The summed E-state index contributed by atoms with van der Waals surface area (Å²) in [6.07, 6.45) is 1.59. The predicted molar refractivity (Wildman–Crippen MR) is 114 cm³/mol. The highest BCUT2D eigenvalue weighted by Crippen LogP contribution is 2.28. The average molecular weight is 444 g/mol. The van der Waals surface area contributed by atoms with Crippen LogP contribution < -0.4 is 11.0 Å². The van der Waals surface area contributed by atoms with E-state index in [0.717, 1.165) is 24.4 Å². The largest absolute Gasteiger partial charge is 0.378 e. The zero-order valence-corrected chi connectivity index (χ0v) is 18.0. The van der Waals surface area contributed by atoms with Crippen molar-refractivity contribution in [3.05, 3.63) is 46.6 Å². The third-order valence-corrected chi connectivity index (χ3v) is 5.36. The highest BCUT2D eigenvalue weighted by molar-refractivity contribution is 5.85. The van der Waals surface area contributed by atoms with Crippen molar-refractivity contribution in [3.8, 4) is 5.69 Å². The Morgan fingerprint density at radius 3 is 2.48 bits per heavy atom. The number of piperidine rings is 1. The average Bonchev–Trinajstić information content (AvgIpc) is 3.03. The number of nitrogens with zero attached hydrogens (tertiary/aromatic N) is 4. The lowest BCUT2D eigenvalue weighted by Gasteiger charge is -2.35. The minimum absolute atomic E-state index is 0. The molecule has 2 aliphatic heterocycles. The van der Waals surface area contributed by atoms with Crippen molar-refractivity contribution in [2.75, 3.05) is 32.8 Å². The van der Waals surface area contributed by atoms with Gasteiger partial charge in [-0.3, -0.25) is 4.79 Å². The Bertz CT molecular complexity index is 856. The van der Waals surface area contributed by atoms with Crippen molar-refractivity contribution >= 4 is 30.7 Å². The minimum atomic E-state index is -0.243. The van der Waals surface area contributed by atoms with E-state index < -0.39 is 0 Å². The maximum absolute atomic E-state index is 12.7. The molecule has 10 heteroatoms. The third-order valence-electron chi connectivity index (χ3n) is 5.36. The van der Waals surface area contributed by atoms with Gasteiger partial charge in [0, 0.05) is 32.6 Å². The molecular weight excluding hydrogens is 417 g/mol. The van der Waals surface area contributed by atoms with E-state index >= 15 is 0 Å². The molecule has 0 bridgehead atoms. The van der Waals surface area contributed by atoms with Gasteiger partial charge in [-0.15, -0.1) is 24.8 Å². The standard InChI is InChI=1S/C19H25N5O3.2ClH/c1-22-19(26)24(15-5-3-2-4-6-15)17(21-22)14-7-10-23(11-8-14)18(25)16-13-27-12-9-20-16;;/h2-6,14,16,20H,7-13H2,1H3;2*1H. The molecule has 1 aromatic carbocycles. The maximum Gasteiger partial charge on any atom is 0.350 e. The van der Waals surface area contributed by atoms with Crippen LogP contribution in [0.4, 0.5) is 0 Å². The van der Waals surface area contributed by atoms with Crippen molar-refractivity contribution in [3.63, 3.8) is 0 Å². The molecule has 160 valence electrons. The SMILES string of the molecule is Cl.Cl.Cn1nc(C2CCN(C(=O)C3COCCN3)CC2)n(-c2ccccc2)c1=O. The van der Waals surface area contributed by atoms with Crippen LogP contribution in [0.15, 0.2) is 35.1 Å². The normalized spacial score (nSPS) is 19.9. The fourth-order valence-corrected chi connectivity index (χ4v) is 3.87. The number of hydrogen-bond acceptors (Lipinski definition) is 5. The van der Waals surface area contributed by atoms with E-state index in [4.69, 9.17) is 4.74 Å². The van der Waals surface area contributed by atoms with Crippen LogP contribution >= 0.6 is 24.8 Å². The first-order valence-corrected chi connectivity index (χ1v) is 9.46. The van der Waals surface area contributed by atoms with Crippen molar-refractivity contribution < 1.29 is 9.53 Å². The number of morpholine rings is 1. The van der Waals surface area contributed by atoms with E-state index in [-0.39, 0.29) is 48.4 Å². The molecule has 4 rings (SSSR count). The van der Waals surface area contributed by atoms with E-state index in [2.05, 4.69) is 10.4 Å². The summed E-state index contributed by atoms with van der Waals surface area (Å²) in [5.74, 6) is 1.04. The highest BCUT2D eigenvalue weighted by Gasteiger charge is 2.32. The van der Waals surface area contributed by atoms with E-state index in [1.54, 1.807) is 11.6 Å². The molecule has 0 radical (unpaired) electrons. The van der Waals surface area contributed by atoms with Gasteiger partial charge in [-0.05, 0) is 25.0 Å². The fourth-order valence-electron chi connectivity index (χ4n) is 3.87. The lowest BCUT2D eigenvalue weighted by Crippen LogP contribution is -2.54. The summed E-state index contributed by atoms with van der Waals surface area (Å²) < 4.78 is 8.49. The molecule has 0 spiro atoms. The molecule has 1 amide bonds. The smallest absolute Gasteiger partial charge is 0.350 e. The summed E-state index contributed by atoms with van der Waals surface area (Å²) in [5, 5.41) is 7.72. The number of halogens is 2. The molecular formula is C19H27Cl2N5O3. The van der Waals surface area contributed by atoms with Crippen LogP contribution in [-0.4, -0.2) is 64.0 Å². The van der Waals surface area contributed by atoms with Gasteiger partial charge in [0.05, 0.1) is 18.9 Å². The van der Waals surface area contributed by atoms with Crippen molar-refractivity contribution in [2.24, 2.45) is 7.05 Å². The number of ether oxygens (including phenoxy) is 1. The number of benzene rings is 1. The topological polar surface area (TPSA) is 81.4 Å². The highest BCUT2D eigenvalue weighted by atomic mass is 35.5. The van der Waals surface area contributed by atoms with E-state index in [9.17, 15) is 9.59 Å². The number of amides is 1. The molecule has 0 saturated carbocycles. The second-order valence-electron chi connectivity index (χ2n) is 7.12. The second kappa shape index (κ2) is 10.2. The lowest BCUT2D eigenvalue weighted by molar-refractivity contribution is -0.137. The van der Waals surface area contributed by atoms with Gasteiger partial charge in [0.15, 0.2) is 0 Å². The maximum atomic E-state index is 12.7. The number of carbonyl (C=O) groups excluding carboxylic acids is 1. The molecule has 3 heterocycles. The van der Waals surface area contributed by atoms with Crippen LogP contribution in [0.25, 0.3) is 5.69 Å². The van der Waals surface area contributed by atoms with Gasteiger partial charge < -0.3 is 15.0 Å². The van der Waals surface area contributed by atoms with Crippen LogP contribution in [0.3, 0.4) is 0 Å². The first-order chi connectivity index (χ1) is 13.1. The van der Waals surface area contributed by atoms with E-state index in [0.29, 0.717) is 32.8 Å². The summed E-state index contributed by atoms with van der Waals surface area (Å²) >= 11 is 0. The molecule has 2 fully saturated rings. The first kappa shape index (κ1) is 23.4. The number of rotatable bonds is 3. The quantitative estimate of drug-likeness (QED) is 0.767. The second-order valence-corrected chi connectivity index (χ2v) is 7.12. The van der Waals surface area contributed by atoms with Gasteiger partial charge in [0.25, 0.3) is 0 Å². The summed E-state index contributed by atoms with van der Waals surface area (Å²) in [4.78, 5) is 27.1. The van der Waals surface area contributed by atoms with E-state index in [1.807, 2.05) is 35.2 Å². The molecule has 29 heavy (non-hydrogen) atoms. The molecule has 1 N–H and O–H groups in total. The Morgan fingerprint density at radius 1 is 1.17 bits per heavy atom. The fraction of sp³-hybridized carbons (Fsp3) is 0.526. The number of para-hydroxylation sites is 1. The number of carbonyl (C=O) groups is 1. The summed E-state index contributed by atoms with van der Waals surface area (Å²) in [6, 6.07) is 9.35. The Kier molecular flexibility index (Phi) is 8.27. The molecule has 2 aliphatic rings. The van der Waals surface area contributed by atoms with Gasteiger partial charge in [-0.25, -0.2) is 14.0 Å². The van der Waals surface area contributed by atoms with Crippen LogP contribution in [0.5, 0.6) is 0 Å². The van der Waals surface area contributed by atoms with Gasteiger partial charge in [-0.1, -0.05) is 18.2 Å². The molecule has 0 aliphatic carbocycles. The van der Waals surface area contributed by atoms with Gasteiger partial charge >= 0.3 is 5.69 Å². The minimum Gasteiger partial charge on any atom is -0.378 e. The molecule has 1 atom stereocenters. The third kappa shape index (κ3) is 4.83. The molecule has 2 aromatic rings. The van der Waals surface area contributed by atoms with E-state index in [1.165, 1.54) is 4.68 Å². The molecule has 2 saturated heterocycles. The number of likely N-dealkylation sites (tertiary alicyclic amines) is 1. The van der Waals surface area contributed by atoms with Crippen molar-refractivity contribution in [1.82, 2.24) is 24.6 Å². The van der Waals surface area contributed by atoms with Gasteiger partial charge in [-0.2, -0.15) is 5.10 Å². The van der Waals surface area contributed by atoms with Crippen LogP contribution in [-0.2, 0) is 16.6 Å². The Labute approximate surface area is 182 Å².